The van der Waals surface area contributed by atoms with Crippen molar-refractivity contribution < 1.29 is 23.8 Å². The van der Waals surface area contributed by atoms with Gasteiger partial charge >= 0.3 is 5.97 Å². The fourth-order valence-corrected chi connectivity index (χ4v) is 3.16. The molecular weight excluding hydrogens is 380 g/mol. The molecule has 0 spiro atoms. The van der Waals surface area contributed by atoms with Gasteiger partial charge in [-0.3, -0.25) is 4.79 Å². The average molecular weight is 400 g/mol. The summed E-state index contributed by atoms with van der Waals surface area (Å²) in [6.07, 6.45) is 1.72. The van der Waals surface area contributed by atoms with Crippen molar-refractivity contribution in [2.75, 3.05) is 13.2 Å². The molecule has 0 amide bonds. The lowest BCUT2D eigenvalue weighted by atomic mass is 10.0. The van der Waals surface area contributed by atoms with Gasteiger partial charge in [0.25, 0.3) is 0 Å². The maximum Gasteiger partial charge on any atom is 0.344 e. The summed E-state index contributed by atoms with van der Waals surface area (Å²) in [5.74, 6) is 0.459. The number of carbonyl (C=O) groups is 2. The number of rotatable bonds is 6. The van der Waals surface area contributed by atoms with E-state index in [1.165, 1.54) is 0 Å². The van der Waals surface area contributed by atoms with Crippen LogP contribution in [0.1, 0.15) is 22.8 Å². The number of carbonyl (C=O) groups excluding carboxylic acids is 2. The summed E-state index contributed by atoms with van der Waals surface area (Å²) < 4.78 is 16.0. The van der Waals surface area contributed by atoms with Crippen molar-refractivity contribution in [3.05, 3.63) is 89.7 Å². The van der Waals surface area contributed by atoms with Crippen molar-refractivity contribution in [1.29, 1.82) is 0 Å². The molecule has 1 heterocycles. The standard InChI is InChI=1S/C25H20O5/c1-2-28-24(26)16-29-20-12-13-21-22(15-20)30-23(25(21)27)14-17-8-10-19(11-9-17)18-6-4-3-5-7-18/h3-15H,2,16H2,1H3. The van der Waals surface area contributed by atoms with E-state index in [-0.39, 0.29) is 18.1 Å². The minimum atomic E-state index is -0.450. The number of hydrogen-bond donors (Lipinski definition) is 0. The molecule has 30 heavy (non-hydrogen) atoms. The molecule has 0 radical (unpaired) electrons. The van der Waals surface area contributed by atoms with Crippen LogP contribution in [-0.4, -0.2) is 25.0 Å². The molecule has 1 aliphatic heterocycles. The molecule has 0 saturated carbocycles. The minimum absolute atomic E-state index is 0.186. The van der Waals surface area contributed by atoms with Crippen molar-refractivity contribution in [3.8, 4) is 22.6 Å². The van der Waals surface area contributed by atoms with E-state index in [4.69, 9.17) is 14.2 Å². The molecule has 0 aliphatic carbocycles. The zero-order valence-corrected chi connectivity index (χ0v) is 16.5. The number of allylic oxidation sites excluding steroid dienone is 1. The Labute approximate surface area is 174 Å². The third-order valence-corrected chi connectivity index (χ3v) is 4.62. The summed E-state index contributed by atoms with van der Waals surface area (Å²) in [5, 5.41) is 0. The molecule has 5 nitrogen and oxygen atoms in total. The van der Waals surface area contributed by atoms with Gasteiger partial charge in [0, 0.05) is 6.07 Å². The highest BCUT2D eigenvalue weighted by Crippen LogP contribution is 2.35. The van der Waals surface area contributed by atoms with E-state index in [2.05, 4.69) is 12.1 Å². The Bertz CT molecular complexity index is 1100. The Morgan fingerprint density at radius 3 is 2.43 bits per heavy atom. The lowest BCUT2D eigenvalue weighted by Gasteiger charge is -2.06. The van der Waals surface area contributed by atoms with Crippen molar-refractivity contribution in [2.45, 2.75) is 6.92 Å². The second kappa shape index (κ2) is 8.66. The van der Waals surface area contributed by atoms with Crippen molar-refractivity contribution >= 4 is 17.8 Å². The summed E-state index contributed by atoms with van der Waals surface area (Å²) in [6.45, 7) is 1.83. The maximum atomic E-state index is 12.6. The molecule has 5 heteroatoms. The normalized spacial score (nSPS) is 13.6. The largest absolute Gasteiger partial charge is 0.482 e. The topological polar surface area (TPSA) is 61.8 Å². The zero-order chi connectivity index (χ0) is 20.9. The number of benzene rings is 3. The number of hydrogen-bond acceptors (Lipinski definition) is 5. The molecule has 0 atom stereocenters. The van der Waals surface area contributed by atoms with E-state index in [0.717, 1.165) is 16.7 Å². The monoisotopic (exact) mass is 400 g/mol. The molecule has 4 rings (SSSR count). The van der Waals surface area contributed by atoms with E-state index in [9.17, 15) is 9.59 Å². The van der Waals surface area contributed by atoms with Gasteiger partial charge in [-0.1, -0.05) is 54.6 Å². The molecule has 0 bridgehead atoms. The van der Waals surface area contributed by atoms with Crippen LogP contribution in [0.4, 0.5) is 0 Å². The van der Waals surface area contributed by atoms with Gasteiger partial charge in [0.2, 0.25) is 5.78 Å². The first kappa shape index (κ1) is 19.5. The first-order valence-electron chi connectivity index (χ1n) is 9.66. The number of ether oxygens (including phenoxy) is 3. The number of fused-ring (bicyclic) bond motifs is 1. The third kappa shape index (κ3) is 4.25. The summed E-state index contributed by atoms with van der Waals surface area (Å²) in [5.41, 5.74) is 3.56. The summed E-state index contributed by atoms with van der Waals surface area (Å²) in [4.78, 5) is 24.1. The van der Waals surface area contributed by atoms with Crippen LogP contribution in [0.15, 0.2) is 78.6 Å². The lowest BCUT2D eigenvalue weighted by Crippen LogP contribution is -2.14. The number of ketones is 1. The first-order valence-corrected chi connectivity index (χ1v) is 9.66. The Morgan fingerprint density at radius 1 is 0.967 bits per heavy atom. The van der Waals surface area contributed by atoms with Gasteiger partial charge in [-0.25, -0.2) is 4.79 Å². The van der Waals surface area contributed by atoms with E-state index >= 15 is 0 Å². The Hall–Kier alpha value is -3.86. The zero-order valence-electron chi connectivity index (χ0n) is 16.5. The predicted molar refractivity (Wildman–Crippen MR) is 113 cm³/mol. The number of Topliss-reactive ketones (excluding diaryl/α,β-unsaturated/α-hetero) is 1. The average Bonchev–Trinajstić information content (AvgIpc) is 3.08. The molecule has 0 fully saturated rings. The van der Waals surface area contributed by atoms with Crippen molar-refractivity contribution in [1.82, 2.24) is 0 Å². The highest BCUT2D eigenvalue weighted by atomic mass is 16.6. The van der Waals surface area contributed by atoms with Crippen LogP contribution in [-0.2, 0) is 9.53 Å². The molecule has 3 aromatic carbocycles. The van der Waals surface area contributed by atoms with Gasteiger partial charge in [-0.15, -0.1) is 0 Å². The van der Waals surface area contributed by atoms with Gasteiger partial charge < -0.3 is 14.2 Å². The quantitative estimate of drug-likeness (QED) is 0.435. The Kier molecular flexibility index (Phi) is 5.61. The summed E-state index contributed by atoms with van der Waals surface area (Å²) in [7, 11) is 0. The third-order valence-electron chi connectivity index (χ3n) is 4.62. The van der Waals surface area contributed by atoms with E-state index in [0.29, 0.717) is 23.7 Å². The molecule has 0 aromatic heterocycles. The molecule has 150 valence electrons. The van der Waals surface area contributed by atoms with E-state index in [1.807, 2.05) is 42.5 Å². The van der Waals surface area contributed by atoms with Crippen LogP contribution in [0.5, 0.6) is 11.5 Å². The van der Waals surface area contributed by atoms with Crippen LogP contribution >= 0.6 is 0 Å². The van der Waals surface area contributed by atoms with Gasteiger partial charge in [0.15, 0.2) is 12.4 Å². The minimum Gasteiger partial charge on any atom is -0.482 e. The van der Waals surface area contributed by atoms with Crippen molar-refractivity contribution in [2.24, 2.45) is 0 Å². The second-order valence-corrected chi connectivity index (χ2v) is 6.68. The Morgan fingerprint density at radius 2 is 1.70 bits per heavy atom. The van der Waals surface area contributed by atoms with Crippen LogP contribution in [0.2, 0.25) is 0 Å². The van der Waals surface area contributed by atoms with Gasteiger partial charge in [-0.05, 0) is 41.8 Å². The molecule has 0 unspecified atom stereocenters. The molecule has 1 aliphatic rings. The van der Waals surface area contributed by atoms with Gasteiger partial charge in [0.1, 0.15) is 11.5 Å². The summed E-state index contributed by atoms with van der Waals surface area (Å²) >= 11 is 0. The van der Waals surface area contributed by atoms with Crippen LogP contribution < -0.4 is 9.47 Å². The lowest BCUT2D eigenvalue weighted by molar-refractivity contribution is -0.145. The Balaban J connectivity index is 1.48. The maximum absolute atomic E-state index is 12.6. The summed E-state index contributed by atoms with van der Waals surface area (Å²) in [6, 6.07) is 22.9. The highest BCUT2D eigenvalue weighted by molar-refractivity contribution is 6.14. The number of esters is 1. The predicted octanol–water partition coefficient (Wildman–Crippen LogP) is 4.91. The molecule has 0 saturated heterocycles. The van der Waals surface area contributed by atoms with Crippen LogP contribution in [0.3, 0.4) is 0 Å². The van der Waals surface area contributed by atoms with Crippen molar-refractivity contribution in [3.63, 3.8) is 0 Å². The fourth-order valence-electron chi connectivity index (χ4n) is 3.16. The van der Waals surface area contributed by atoms with Crippen LogP contribution in [0, 0.1) is 0 Å². The van der Waals surface area contributed by atoms with Gasteiger partial charge in [-0.2, -0.15) is 0 Å². The van der Waals surface area contributed by atoms with E-state index in [1.54, 1.807) is 31.2 Å². The first-order chi connectivity index (χ1) is 14.6. The van der Waals surface area contributed by atoms with E-state index < -0.39 is 5.97 Å². The second-order valence-electron chi connectivity index (χ2n) is 6.68. The van der Waals surface area contributed by atoms with Gasteiger partial charge in [0.05, 0.1) is 12.2 Å². The smallest absolute Gasteiger partial charge is 0.344 e. The highest BCUT2D eigenvalue weighted by Gasteiger charge is 2.27. The molecule has 3 aromatic rings. The molecular formula is C25H20O5. The fraction of sp³-hybridized carbons (Fsp3) is 0.120. The van der Waals surface area contributed by atoms with Crippen LogP contribution in [0.25, 0.3) is 17.2 Å². The molecule has 0 N–H and O–H groups in total. The SMILES string of the molecule is CCOC(=O)COc1ccc2c(c1)OC(=Cc1ccc(-c3ccccc3)cc1)C2=O.